The number of hydrogen-bond donors (Lipinski definition) is 0. The zero-order valence-electron chi connectivity index (χ0n) is 14.4. The van der Waals surface area contributed by atoms with E-state index < -0.39 is 11.7 Å². The molecule has 1 aromatic heterocycles. The maximum absolute atomic E-state index is 12.4. The van der Waals surface area contributed by atoms with Crippen LogP contribution in [0.1, 0.15) is 40.5 Å². The molecule has 0 fully saturated rings. The molecule has 0 aliphatic carbocycles. The molecule has 0 amide bonds. The Labute approximate surface area is 136 Å². The predicted molar refractivity (Wildman–Crippen MR) is 88.3 cm³/mol. The number of hydrogen-bond acceptors (Lipinski definition) is 5. The summed E-state index contributed by atoms with van der Waals surface area (Å²) in [6.45, 7) is 8.18. The highest BCUT2D eigenvalue weighted by Crippen LogP contribution is 2.29. The standard InChI is InChI=1S/C17H24N2O4/c1-6-7-10-22-12-8-9-13-14(11-12)19(18-15(13)21-5)16(20)23-17(2,3)4/h8-9,11H,6-7,10H2,1-5H3. The van der Waals surface area contributed by atoms with E-state index in [1.165, 1.54) is 11.8 Å². The SMILES string of the molecule is CCCCOc1ccc2c(OC)nn(C(=O)OC(C)(C)C)c2c1. The van der Waals surface area contributed by atoms with Gasteiger partial charge in [0.1, 0.15) is 11.4 Å². The van der Waals surface area contributed by atoms with Gasteiger partial charge >= 0.3 is 6.09 Å². The molecule has 0 bridgehead atoms. The number of unbranched alkanes of at least 4 members (excludes halogenated alkanes) is 1. The Balaban J connectivity index is 2.38. The molecule has 2 rings (SSSR count). The maximum atomic E-state index is 12.4. The number of aromatic nitrogens is 2. The molecule has 6 heteroatoms. The molecule has 0 unspecified atom stereocenters. The van der Waals surface area contributed by atoms with Gasteiger partial charge in [0.15, 0.2) is 0 Å². The third kappa shape index (κ3) is 4.15. The van der Waals surface area contributed by atoms with Crippen molar-refractivity contribution in [3.8, 4) is 11.6 Å². The van der Waals surface area contributed by atoms with Crippen molar-refractivity contribution < 1.29 is 19.0 Å². The van der Waals surface area contributed by atoms with Gasteiger partial charge in [-0.3, -0.25) is 0 Å². The Morgan fingerprint density at radius 2 is 2.04 bits per heavy atom. The van der Waals surface area contributed by atoms with E-state index in [2.05, 4.69) is 12.0 Å². The van der Waals surface area contributed by atoms with E-state index >= 15 is 0 Å². The molecule has 0 atom stereocenters. The highest BCUT2D eigenvalue weighted by Gasteiger charge is 2.22. The van der Waals surface area contributed by atoms with Crippen LogP contribution < -0.4 is 9.47 Å². The highest BCUT2D eigenvalue weighted by atomic mass is 16.6. The summed E-state index contributed by atoms with van der Waals surface area (Å²) in [6.07, 6.45) is 1.50. The number of fused-ring (bicyclic) bond motifs is 1. The molecular weight excluding hydrogens is 296 g/mol. The molecule has 0 aliphatic heterocycles. The second-order valence-corrected chi connectivity index (χ2v) is 6.28. The lowest BCUT2D eigenvalue weighted by atomic mass is 10.2. The van der Waals surface area contributed by atoms with Crippen LogP contribution in [-0.2, 0) is 4.74 Å². The van der Waals surface area contributed by atoms with Crippen LogP contribution in [0.5, 0.6) is 11.6 Å². The van der Waals surface area contributed by atoms with Crippen molar-refractivity contribution in [2.75, 3.05) is 13.7 Å². The van der Waals surface area contributed by atoms with E-state index in [0.29, 0.717) is 23.8 Å². The van der Waals surface area contributed by atoms with Gasteiger partial charge in [0.25, 0.3) is 0 Å². The second kappa shape index (κ2) is 6.89. The Kier molecular flexibility index (Phi) is 5.13. The van der Waals surface area contributed by atoms with E-state index in [1.54, 1.807) is 6.07 Å². The van der Waals surface area contributed by atoms with E-state index in [0.717, 1.165) is 18.2 Å². The first kappa shape index (κ1) is 17.1. The van der Waals surface area contributed by atoms with E-state index in [4.69, 9.17) is 14.2 Å². The third-order valence-electron chi connectivity index (χ3n) is 3.15. The Morgan fingerprint density at radius 1 is 1.30 bits per heavy atom. The largest absolute Gasteiger partial charge is 0.494 e. The lowest BCUT2D eigenvalue weighted by Crippen LogP contribution is -2.27. The number of nitrogens with zero attached hydrogens (tertiary/aromatic N) is 2. The first-order chi connectivity index (χ1) is 10.9. The molecule has 0 spiro atoms. The number of rotatable bonds is 5. The lowest BCUT2D eigenvalue weighted by Gasteiger charge is -2.19. The van der Waals surface area contributed by atoms with Crippen LogP contribution in [0.3, 0.4) is 0 Å². The summed E-state index contributed by atoms with van der Waals surface area (Å²) in [5.74, 6) is 1.07. The van der Waals surface area contributed by atoms with Crippen LogP contribution in [-0.4, -0.2) is 35.2 Å². The van der Waals surface area contributed by atoms with Gasteiger partial charge in [0.2, 0.25) is 5.88 Å². The third-order valence-corrected chi connectivity index (χ3v) is 3.15. The number of methoxy groups -OCH3 is 1. The normalized spacial score (nSPS) is 11.5. The van der Waals surface area contributed by atoms with Crippen LogP contribution in [0.2, 0.25) is 0 Å². The summed E-state index contributed by atoms with van der Waals surface area (Å²) in [6, 6.07) is 5.47. The minimum absolute atomic E-state index is 0.381. The second-order valence-electron chi connectivity index (χ2n) is 6.28. The van der Waals surface area contributed by atoms with Gasteiger partial charge in [-0.15, -0.1) is 5.10 Å². The molecular formula is C17H24N2O4. The van der Waals surface area contributed by atoms with Crippen LogP contribution in [0, 0.1) is 0 Å². The minimum Gasteiger partial charge on any atom is -0.494 e. The fourth-order valence-corrected chi connectivity index (χ4v) is 2.09. The predicted octanol–water partition coefficient (Wildman–Crippen LogP) is 4.01. The summed E-state index contributed by atoms with van der Waals surface area (Å²) in [7, 11) is 1.52. The fraction of sp³-hybridized carbons (Fsp3) is 0.529. The van der Waals surface area contributed by atoms with Crippen molar-refractivity contribution >= 4 is 17.0 Å². The summed E-state index contributed by atoms with van der Waals surface area (Å²) in [5, 5.41) is 4.93. The summed E-state index contributed by atoms with van der Waals surface area (Å²) < 4.78 is 17.6. The zero-order chi connectivity index (χ0) is 17.0. The van der Waals surface area contributed by atoms with Gasteiger partial charge < -0.3 is 14.2 Å². The molecule has 0 radical (unpaired) electrons. The lowest BCUT2D eigenvalue weighted by molar-refractivity contribution is 0.0520. The molecule has 1 heterocycles. The number of carbonyl (C=O) groups is 1. The number of carbonyl (C=O) groups excluding carboxylic acids is 1. The Hall–Kier alpha value is -2.24. The zero-order valence-corrected chi connectivity index (χ0v) is 14.4. The van der Waals surface area contributed by atoms with Crippen molar-refractivity contribution in [1.29, 1.82) is 0 Å². The molecule has 1 aromatic carbocycles. The first-order valence-corrected chi connectivity index (χ1v) is 7.78. The summed E-state index contributed by atoms with van der Waals surface area (Å²) in [4.78, 5) is 12.4. The maximum Gasteiger partial charge on any atom is 0.435 e. The smallest absolute Gasteiger partial charge is 0.435 e. The first-order valence-electron chi connectivity index (χ1n) is 7.78. The number of ether oxygens (including phenoxy) is 3. The van der Waals surface area contributed by atoms with Gasteiger partial charge in [-0.2, -0.15) is 4.68 Å². The van der Waals surface area contributed by atoms with E-state index in [9.17, 15) is 4.79 Å². The molecule has 0 N–H and O–H groups in total. The van der Waals surface area contributed by atoms with E-state index in [1.807, 2.05) is 32.9 Å². The molecule has 2 aromatic rings. The van der Waals surface area contributed by atoms with Crippen LogP contribution in [0.25, 0.3) is 10.9 Å². The van der Waals surface area contributed by atoms with Crippen LogP contribution in [0.4, 0.5) is 4.79 Å². The fourth-order valence-electron chi connectivity index (χ4n) is 2.09. The molecule has 0 aliphatic rings. The topological polar surface area (TPSA) is 62.6 Å². The molecule has 0 saturated heterocycles. The molecule has 23 heavy (non-hydrogen) atoms. The van der Waals surface area contributed by atoms with Gasteiger partial charge in [0, 0.05) is 6.07 Å². The quantitative estimate of drug-likeness (QED) is 0.779. The minimum atomic E-state index is -0.599. The van der Waals surface area contributed by atoms with Gasteiger partial charge in [-0.1, -0.05) is 13.3 Å². The summed E-state index contributed by atoms with van der Waals surface area (Å²) in [5.41, 5.74) is 0.00257. The van der Waals surface area contributed by atoms with Crippen molar-refractivity contribution in [3.63, 3.8) is 0 Å². The Morgan fingerprint density at radius 3 is 2.65 bits per heavy atom. The Bertz CT molecular complexity index is 686. The molecule has 126 valence electrons. The van der Waals surface area contributed by atoms with Gasteiger partial charge in [-0.05, 0) is 39.3 Å². The monoisotopic (exact) mass is 320 g/mol. The number of benzene rings is 1. The van der Waals surface area contributed by atoms with E-state index in [-0.39, 0.29) is 0 Å². The molecule has 6 nitrogen and oxygen atoms in total. The van der Waals surface area contributed by atoms with Gasteiger partial charge in [0.05, 0.1) is 24.6 Å². The van der Waals surface area contributed by atoms with Crippen molar-refractivity contribution in [2.24, 2.45) is 0 Å². The molecule has 0 saturated carbocycles. The van der Waals surface area contributed by atoms with Crippen LogP contribution >= 0.6 is 0 Å². The van der Waals surface area contributed by atoms with Crippen molar-refractivity contribution in [3.05, 3.63) is 18.2 Å². The average molecular weight is 320 g/mol. The van der Waals surface area contributed by atoms with Crippen molar-refractivity contribution in [2.45, 2.75) is 46.1 Å². The average Bonchev–Trinajstić information content (AvgIpc) is 2.84. The van der Waals surface area contributed by atoms with Crippen molar-refractivity contribution in [1.82, 2.24) is 9.78 Å². The van der Waals surface area contributed by atoms with Gasteiger partial charge in [-0.25, -0.2) is 4.79 Å². The highest BCUT2D eigenvalue weighted by molar-refractivity contribution is 5.92. The van der Waals surface area contributed by atoms with Crippen LogP contribution in [0.15, 0.2) is 18.2 Å². The summed E-state index contributed by atoms with van der Waals surface area (Å²) >= 11 is 0.